The summed E-state index contributed by atoms with van der Waals surface area (Å²) >= 11 is 0. The second kappa shape index (κ2) is 14.7. The molecule has 14 nitrogen and oxygen atoms in total. The topological polar surface area (TPSA) is 178 Å². The highest BCUT2D eigenvalue weighted by molar-refractivity contribution is 7.51. The quantitative estimate of drug-likeness (QED) is 0.0549. The molecule has 0 saturated carbocycles. The van der Waals surface area contributed by atoms with E-state index in [2.05, 4.69) is 5.09 Å². The molecule has 6 unspecified atom stereocenters. The lowest BCUT2D eigenvalue weighted by atomic mass is 9.93. The van der Waals surface area contributed by atoms with Crippen LogP contribution in [-0.2, 0) is 37.3 Å². The highest BCUT2D eigenvalue weighted by Gasteiger charge is 2.47. The lowest BCUT2D eigenvalue weighted by Crippen LogP contribution is -2.40. The number of aliphatic hydroxyl groups is 4. The summed E-state index contributed by atoms with van der Waals surface area (Å²) in [4.78, 5) is 1.89. The van der Waals surface area contributed by atoms with Gasteiger partial charge in [0, 0.05) is 19.1 Å². The molecule has 0 aromatic carbocycles. The first kappa shape index (κ1) is 32.4. The van der Waals surface area contributed by atoms with Gasteiger partial charge >= 0.3 is 7.75 Å². The average Bonchev–Trinajstić information content (AvgIpc) is 3.42. The monoisotopic (exact) mass is 566 g/mol. The molecule has 0 radical (unpaired) electrons. The van der Waals surface area contributed by atoms with Crippen LogP contribution in [0.1, 0.15) is 6.42 Å². The molecule has 12 atom stereocenters. The van der Waals surface area contributed by atoms with Gasteiger partial charge in [0.05, 0.1) is 37.9 Å². The summed E-state index contributed by atoms with van der Waals surface area (Å²) in [6, 6.07) is -1.27. The first-order valence-corrected chi connectivity index (χ1v) is 14.6. The maximum Gasteiger partial charge on any atom is 0.406 e. The maximum absolute atomic E-state index is 13.7. The third-order valence-electron chi connectivity index (χ3n) is 6.90. The van der Waals surface area contributed by atoms with Gasteiger partial charge in [0.2, 0.25) is 0 Å². The van der Waals surface area contributed by atoms with Crippen molar-refractivity contribution in [1.29, 1.82) is 0 Å². The molecule has 0 aliphatic carbocycles. The zero-order valence-electron chi connectivity index (χ0n) is 22.7. The highest BCUT2D eigenvalue weighted by atomic mass is 31.2. The summed E-state index contributed by atoms with van der Waals surface area (Å²) in [5.41, 5.74) is 0. The van der Waals surface area contributed by atoms with Gasteiger partial charge in [0.1, 0.15) is 73.1 Å². The van der Waals surface area contributed by atoms with Crippen LogP contribution in [0.2, 0.25) is 0 Å². The van der Waals surface area contributed by atoms with Gasteiger partial charge in [-0.1, -0.05) is 0 Å². The van der Waals surface area contributed by atoms with Crippen molar-refractivity contribution < 1.29 is 57.7 Å². The summed E-state index contributed by atoms with van der Waals surface area (Å²) in [7, 11) is 4.93. The molecule has 3 aliphatic rings. The molecular formula is C20H42B3N2O12P. The van der Waals surface area contributed by atoms with Gasteiger partial charge in [0.15, 0.2) is 0 Å². The summed E-state index contributed by atoms with van der Waals surface area (Å²) in [5.74, 6) is 0. The molecule has 3 aliphatic heterocycles. The molecule has 3 saturated heterocycles. The first-order valence-electron chi connectivity index (χ1n) is 13.1. The fourth-order valence-corrected chi connectivity index (χ4v) is 6.22. The number of likely N-dealkylation sites (N-methyl/N-ethyl adjacent to an activating group) is 1. The molecular weight excluding hydrogens is 524 g/mol. The van der Waals surface area contributed by atoms with Crippen molar-refractivity contribution in [2.45, 2.75) is 73.3 Å². The molecule has 5 N–H and O–H groups in total. The van der Waals surface area contributed by atoms with Crippen LogP contribution in [0.4, 0.5) is 0 Å². The Balaban J connectivity index is 1.58. The van der Waals surface area contributed by atoms with Crippen LogP contribution in [0.15, 0.2) is 0 Å². The number of hydrogen-bond donors (Lipinski definition) is 5. The van der Waals surface area contributed by atoms with Gasteiger partial charge in [-0.15, -0.1) is 0 Å². The standard InChI is InChI=1S/C20H42B3N2O12P/c1-25(2)4-3-24-38(30,33-8-12-10(27)5-14(21)34-12)37-18-13(36-20(23)16(18)29)7-31-9-32-17-11(6-26)35-19(22)15(17)28/h10-20,26-29H,3-9,21-23H2,1-2H3,(H,24,30)/t10?,11-,12-,13-,14-,15?,16?,17?,18?,19-,20-,38?/m1/s1. The van der Waals surface area contributed by atoms with E-state index in [0.29, 0.717) is 13.0 Å². The molecule has 218 valence electrons. The van der Waals surface area contributed by atoms with E-state index < -0.39 is 68.6 Å². The van der Waals surface area contributed by atoms with Gasteiger partial charge in [0.25, 0.3) is 0 Å². The second-order valence-electron chi connectivity index (χ2n) is 10.4. The van der Waals surface area contributed by atoms with Gasteiger partial charge < -0.3 is 49.0 Å². The van der Waals surface area contributed by atoms with Crippen LogP contribution in [-0.4, -0.2) is 170 Å². The van der Waals surface area contributed by atoms with E-state index in [0.717, 1.165) is 0 Å². The van der Waals surface area contributed by atoms with Crippen LogP contribution in [0.5, 0.6) is 0 Å². The minimum absolute atomic E-state index is 0.0747. The van der Waals surface area contributed by atoms with E-state index in [1.165, 1.54) is 0 Å². The third kappa shape index (κ3) is 8.70. The van der Waals surface area contributed by atoms with Crippen molar-refractivity contribution in [3.63, 3.8) is 0 Å². The van der Waals surface area contributed by atoms with E-state index in [1.54, 1.807) is 15.7 Å². The van der Waals surface area contributed by atoms with Gasteiger partial charge in [-0.2, -0.15) is 0 Å². The Hall–Kier alpha value is -0.0952. The zero-order valence-corrected chi connectivity index (χ0v) is 23.6. The molecule has 0 aromatic rings. The minimum Gasteiger partial charge on any atom is -0.394 e. The number of hydrogen-bond acceptors (Lipinski definition) is 13. The average molecular weight is 566 g/mol. The van der Waals surface area contributed by atoms with Crippen LogP contribution in [0.25, 0.3) is 0 Å². The minimum atomic E-state index is -3.98. The zero-order chi connectivity index (χ0) is 28.0. The van der Waals surface area contributed by atoms with Gasteiger partial charge in [-0.05, 0) is 20.5 Å². The van der Waals surface area contributed by atoms with Crippen molar-refractivity contribution in [3.8, 4) is 0 Å². The van der Waals surface area contributed by atoms with E-state index in [-0.39, 0.29) is 39.2 Å². The van der Waals surface area contributed by atoms with Crippen molar-refractivity contribution in [2.75, 3.05) is 53.8 Å². The summed E-state index contributed by atoms with van der Waals surface area (Å²) in [6.45, 7) is 0.0335. The van der Waals surface area contributed by atoms with E-state index in [4.69, 9.17) is 32.7 Å². The SMILES string of the molecule is B[C@@H]1O[C@H](CO)C(OCOC[C@H]2O[C@@H](B)C(O)C2OP(=O)(NCCN(C)C)OC[C@H]2O[C@@H](B)CC2O)C1O. The molecule has 0 aromatic heterocycles. The number of ether oxygens (including phenoxy) is 5. The number of nitrogens with zero attached hydrogens (tertiary/aromatic N) is 1. The van der Waals surface area contributed by atoms with Crippen molar-refractivity contribution in [2.24, 2.45) is 0 Å². The number of nitrogens with one attached hydrogen (secondary N) is 1. The molecule has 3 fully saturated rings. The lowest BCUT2D eigenvalue weighted by molar-refractivity contribution is -0.147. The predicted molar refractivity (Wildman–Crippen MR) is 142 cm³/mol. The van der Waals surface area contributed by atoms with Gasteiger partial charge in [-0.25, -0.2) is 9.65 Å². The van der Waals surface area contributed by atoms with E-state index in [9.17, 15) is 25.0 Å². The Morgan fingerprint density at radius 3 is 2.24 bits per heavy atom. The Morgan fingerprint density at radius 2 is 1.63 bits per heavy atom. The summed E-state index contributed by atoms with van der Waals surface area (Å²) in [5, 5.41) is 43.4. The molecule has 18 heteroatoms. The summed E-state index contributed by atoms with van der Waals surface area (Å²) < 4.78 is 53.3. The third-order valence-corrected chi connectivity index (χ3v) is 8.52. The lowest BCUT2D eigenvalue weighted by Gasteiger charge is -2.28. The van der Waals surface area contributed by atoms with Gasteiger partial charge in [-0.3, -0.25) is 9.05 Å². The maximum atomic E-state index is 13.7. The normalized spacial score (nSPS) is 41.2. The Labute approximate surface area is 226 Å². The molecule has 3 rings (SSSR count). The summed E-state index contributed by atoms with van der Waals surface area (Å²) in [6.07, 6.45) is -6.29. The van der Waals surface area contributed by atoms with Crippen molar-refractivity contribution in [3.05, 3.63) is 0 Å². The highest BCUT2D eigenvalue weighted by Crippen LogP contribution is 2.48. The molecule has 0 amide bonds. The van der Waals surface area contributed by atoms with Crippen molar-refractivity contribution >= 4 is 31.3 Å². The van der Waals surface area contributed by atoms with Crippen LogP contribution in [0.3, 0.4) is 0 Å². The molecule has 3 heterocycles. The van der Waals surface area contributed by atoms with E-state index in [1.807, 2.05) is 26.8 Å². The Morgan fingerprint density at radius 1 is 0.974 bits per heavy atom. The van der Waals surface area contributed by atoms with Crippen LogP contribution < -0.4 is 5.09 Å². The number of aliphatic hydroxyl groups excluding tert-OH is 4. The molecule has 38 heavy (non-hydrogen) atoms. The molecule has 0 bridgehead atoms. The molecule has 0 spiro atoms. The first-order chi connectivity index (χ1) is 17.9. The largest absolute Gasteiger partial charge is 0.406 e. The fraction of sp³-hybridized carbons (Fsp3) is 1.00. The van der Waals surface area contributed by atoms with Crippen molar-refractivity contribution in [1.82, 2.24) is 9.99 Å². The van der Waals surface area contributed by atoms with Crippen LogP contribution in [0, 0.1) is 0 Å². The fourth-order valence-electron chi connectivity index (χ4n) is 4.69. The van der Waals surface area contributed by atoms with Crippen LogP contribution >= 0.6 is 7.75 Å². The Bertz CT molecular complexity index is 779. The number of rotatable bonds is 15. The smallest absolute Gasteiger partial charge is 0.394 e. The second-order valence-corrected chi connectivity index (χ2v) is 12.2. The van der Waals surface area contributed by atoms with E-state index >= 15 is 0 Å². The Kier molecular flexibility index (Phi) is 12.5. The predicted octanol–water partition coefficient (Wildman–Crippen LogP) is -5.45.